The summed E-state index contributed by atoms with van der Waals surface area (Å²) in [5.74, 6) is 1.46. The molecule has 3 atom stereocenters. The Morgan fingerprint density at radius 3 is 2.62 bits per heavy atom. The molecule has 1 saturated carbocycles. The van der Waals surface area contributed by atoms with E-state index in [1.54, 1.807) is 0 Å². The average molecular weight is 175 g/mol. The van der Waals surface area contributed by atoms with E-state index in [1.165, 1.54) is 17.5 Å². The number of nitrogens with two attached hydrogens (primary N) is 1. The Hall–Kier alpha value is -0.820. The third kappa shape index (κ3) is 1.61. The van der Waals surface area contributed by atoms with Crippen molar-refractivity contribution in [2.75, 3.05) is 0 Å². The molecule has 0 radical (unpaired) electrons. The Morgan fingerprint density at radius 2 is 2.08 bits per heavy atom. The van der Waals surface area contributed by atoms with Crippen molar-refractivity contribution in [3.05, 3.63) is 35.4 Å². The van der Waals surface area contributed by atoms with Gasteiger partial charge in [-0.25, -0.2) is 0 Å². The molecule has 0 heterocycles. The third-order valence-corrected chi connectivity index (χ3v) is 3.10. The molecule has 1 aliphatic carbocycles. The van der Waals surface area contributed by atoms with Crippen LogP contribution in [0.25, 0.3) is 0 Å². The molecule has 1 heteroatoms. The second-order valence-corrected chi connectivity index (χ2v) is 4.22. The lowest BCUT2D eigenvalue weighted by Crippen LogP contribution is -2.18. The fourth-order valence-electron chi connectivity index (χ4n) is 2.16. The van der Waals surface area contributed by atoms with Gasteiger partial charge in [0.2, 0.25) is 0 Å². The summed E-state index contributed by atoms with van der Waals surface area (Å²) in [5.41, 5.74) is 8.79. The van der Waals surface area contributed by atoms with E-state index in [9.17, 15) is 0 Å². The number of hydrogen-bond acceptors (Lipinski definition) is 1. The molecule has 0 saturated heterocycles. The van der Waals surface area contributed by atoms with Crippen LogP contribution in [0.2, 0.25) is 0 Å². The first-order chi connectivity index (χ1) is 6.20. The first kappa shape index (κ1) is 8.76. The fraction of sp³-hybridized carbons (Fsp3) is 0.500. The molecule has 1 aromatic rings. The summed E-state index contributed by atoms with van der Waals surface area (Å²) in [6, 6.07) is 9.00. The molecule has 1 aliphatic rings. The molecule has 0 spiro atoms. The molecule has 2 N–H and O–H groups in total. The molecule has 0 bridgehead atoms. The van der Waals surface area contributed by atoms with Crippen molar-refractivity contribution in [2.45, 2.75) is 32.2 Å². The van der Waals surface area contributed by atoms with Crippen LogP contribution in [0.1, 0.15) is 30.4 Å². The van der Waals surface area contributed by atoms with Gasteiger partial charge in [0.05, 0.1) is 0 Å². The molecule has 0 amide bonds. The highest BCUT2D eigenvalue weighted by atomic mass is 14.7. The highest BCUT2D eigenvalue weighted by molar-refractivity contribution is 5.33. The zero-order valence-electron chi connectivity index (χ0n) is 8.33. The van der Waals surface area contributed by atoms with Crippen LogP contribution in [0.3, 0.4) is 0 Å². The normalized spacial score (nSPS) is 28.5. The lowest BCUT2D eigenvalue weighted by Gasteiger charge is -2.06. The SMILES string of the molecule is Cc1ccccc1[C@H]1C[C@H]1[C@@H](C)N. The first-order valence-electron chi connectivity index (χ1n) is 5.01. The summed E-state index contributed by atoms with van der Waals surface area (Å²) in [4.78, 5) is 0. The van der Waals surface area contributed by atoms with Crippen molar-refractivity contribution < 1.29 is 0 Å². The van der Waals surface area contributed by atoms with E-state index in [0.29, 0.717) is 6.04 Å². The Balaban J connectivity index is 2.16. The molecule has 0 aliphatic heterocycles. The summed E-state index contributed by atoms with van der Waals surface area (Å²) < 4.78 is 0. The summed E-state index contributed by atoms with van der Waals surface area (Å²) >= 11 is 0. The van der Waals surface area contributed by atoms with Crippen molar-refractivity contribution in [1.29, 1.82) is 0 Å². The van der Waals surface area contributed by atoms with Gasteiger partial charge in [0.15, 0.2) is 0 Å². The number of aryl methyl sites for hydroxylation is 1. The number of benzene rings is 1. The lowest BCUT2D eigenvalue weighted by atomic mass is 10.0. The Bertz CT molecular complexity index is 304. The molecule has 0 unspecified atom stereocenters. The van der Waals surface area contributed by atoms with Gasteiger partial charge in [-0.15, -0.1) is 0 Å². The topological polar surface area (TPSA) is 26.0 Å². The fourth-order valence-corrected chi connectivity index (χ4v) is 2.16. The van der Waals surface area contributed by atoms with E-state index < -0.39 is 0 Å². The highest BCUT2D eigenvalue weighted by Crippen LogP contribution is 2.49. The largest absolute Gasteiger partial charge is 0.328 e. The quantitative estimate of drug-likeness (QED) is 0.734. The van der Waals surface area contributed by atoms with Crippen LogP contribution in [-0.2, 0) is 0 Å². The summed E-state index contributed by atoms with van der Waals surface area (Å²) in [6.07, 6.45) is 1.28. The molecular formula is C12H17N. The van der Waals surface area contributed by atoms with Crippen LogP contribution in [0.5, 0.6) is 0 Å². The minimum atomic E-state index is 0.351. The molecule has 1 aromatic carbocycles. The van der Waals surface area contributed by atoms with Gasteiger partial charge in [-0.1, -0.05) is 24.3 Å². The smallest absolute Gasteiger partial charge is 0.00448 e. The first-order valence-corrected chi connectivity index (χ1v) is 5.01. The maximum atomic E-state index is 5.88. The lowest BCUT2D eigenvalue weighted by molar-refractivity contribution is 0.631. The van der Waals surface area contributed by atoms with Crippen LogP contribution in [0.4, 0.5) is 0 Å². The van der Waals surface area contributed by atoms with Gasteiger partial charge in [-0.3, -0.25) is 0 Å². The second kappa shape index (κ2) is 3.15. The van der Waals surface area contributed by atoms with Crippen LogP contribution in [0.15, 0.2) is 24.3 Å². The van der Waals surface area contributed by atoms with Crippen molar-refractivity contribution in [3.63, 3.8) is 0 Å². The highest BCUT2D eigenvalue weighted by Gasteiger charge is 2.41. The van der Waals surface area contributed by atoms with Gasteiger partial charge >= 0.3 is 0 Å². The molecule has 13 heavy (non-hydrogen) atoms. The van der Waals surface area contributed by atoms with Gasteiger partial charge in [-0.2, -0.15) is 0 Å². The summed E-state index contributed by atoms with van der Waals surface area (Å²) in [5, 5.41) is 0. The molecule has 2 rings (SSSR count). The van der Waals surface area contributed by atoms with Crippen LogP contribution >= 0.6 is 0 Å². The monoisotopic (exact) mass is 175 g/mol. The van der Waals surface area contributed by atoms with E-state index in [1.807, 2.05) is 0 Å². The molecule has 1 nitrogen and oxygen atoms in total. The Labute approximate surface area is 80.0 Å². The maximum absolute atomic E-state index is 5.88. The van der Waals surface area contributed by atoms with Gasteiger partial charge in [0, 0.05) is 6.04 Å². The van der Waals surface area contributed by atoms with E-state index in [0.717, 1.165) is 11.8 Å². The average Bonchev–Trinajstić information content (AvgIpc) is 2.84. The molecule has 0 aromatic heterocycles. The van der Waals surface area contributed by atoms with Crippen LogP contribution in [-0.4, -0.2) is 6.04 Å². The van der Waals surface area contributed by atoms with E-state index in [2.05, 4.69) is 38.1 Å². The minimum absolute atomic E-state index is 0.351. The van der Waals surface area contributed by atoms with Crippen LogP contribution < -0.4 is 5.73 Å². The predicted molar refractivity (Wildman–Crippen MR) is 55.7 cm³/mol. The minimum Gasteiger partial charge on any atom is -0.328 e. The van der Waals surface area contributed by atoms with Gasteiger partial charge < -0.3 is 5.73 Å². The van der Waals surface area contributed by atoms with Crippen molar-refractivity contribution in [3.8, 4) is 0 Å². The molecular weight excluding hydrogens is 158 g/mol. The predicted octanol–water partition coefficient (Wildman–Crippen LogP) is 2.45. The Kier molecular flexibility index (Phi) is 2.12. The summed E-state index contributed by atoms with van der Waals surface area (Å²) in [6.45, 7) is 4.30. The maximum Gasteiger partial charge on any atom is 0.00448 e. The number of rotatable bonds is 2. The van der Waals surface area contributed by atoms with Gasteiger partial charge in [-0.05, 0) is 43.2 Å². The van der Waals surface area contributed by atoms with Crippen molar-refractivity contribution in [1.82, 2.24) is 0 Å². The molecule has 1 fully saturated rings. The Morgan fingerprint density at radius 1 is 1.38 bits per heavy atom. The van der Waals surface area contributed by atoms with E-state index in [-0.39, 0.29) is 0 Å². The third-order valence-electron chi connectivity index (χ3n) is 3.10. The standard InChI is InChI=1S/C12H17N/c1-8-5-3-4-6-10(8)12-7-11(12)9(2)13/h3-6,9,11-12H,7,13H2,1-2H3/t9-,11+,12-/m1/s1. The van der Waals surface area contributed by atoms with Crippen molar-refractivity contribution >= 4 is 0 Å². The van der Waals surface area contributed by atoms with E-state index in [4.69, 9.17) is 5.73 Å². The van der Waals surface area contributed by atoms with E-state index >= 15 is 0 Å². The second-order valence-electron chi connectivity index (χ2n) is 4.22. The summed E-state index contributed by atoms with van der Waals surface area (Å²) in [7, 11) is 0. The van der Waals surface area contributed by atoms with Crippen molar-refractivity contribution in [2.24, 2.45) is 11.7 Å². The van der Waals surface area contributed by atoms with Gasteiger partial charge in [0.1, 0.15) is 0 Å². The van der Waals surface area contributed by atoms with Crippen LogP contribution in [0, 0.1) is 12.8 Å². The molecule has 70 valence electrons. The number of hydrogen-bond donors (Lipinski definition) is 1. The van der Waals surface area contributed by atoms with Gasteiger partial charge in [0.25, 0.3) is 0 Å². The zero-order chi connectivity index (χ0) is 9.42. The zero-order valence-corrected chi connectivity index (χ0v) is 8.33.